The molecule has 0 saturated carbocycles. The molecule has 2 rings (SSSR count). The smallest absolute Gasteiger partial charge is 0.304 e. The molecule has 1 heterocycles. The third kappa shape index (κ3) is 2.81. The Balaban J connectivity index is 2.04. The van der Waals surface area contributed by atoms with Gasteiger partial charge >= 0.3 is 5.97 Å². The van der Waals surface area contributed by atoms with E-state index in [0.29, 0.717) is 18.8 Å². The number of methoxy groups -OCH3 is 1. The molecule has 0 bridgehead atoms. The second kappa shape index (κ2) is 5.55. The van der Waals surface area contributed by atoms with Gasteiger partial charge in [-0.2, -0.15) is 0 Å². The third-order valence-corrected chi connectivity index (χ3v) is 2.59. The predicted molar refractivity (Wildman–Crippen MR) is 66.7 cm³/mol. The molecule has 0 saturated heterocycles. The van der Waals surface area contributed by atoms with Gasteiger partial charge in [0.25, 0.3) is 0 Å². The number of carboxylic acid groups (broad SMARTS) is 1. The highest BCUT2D eigenvalue weighted by Gasteiger charge is 2.08. The zero-order valence-corrected chi connectivity index (χ0v) is 10.1. The summed E-state index contributed by atoms with van der Waals surface area (Å²) in [6.07, 6.45) is 0.101. The summed E-state index contributed by atoms with van der Waals surface area (Å²) in [6, 6.07) is 7.61. The first kappa shape index (κ1) is 12.4. The van der Waals surface area contributed by atoms with Crippen LogP contribution >= 0.6 is 0 Å². The van der Waals surface area contributed by atoms with Gasteiger partial charge in [-0.05, 0) is 12.1 Å². The average molecular weight is 249 g/mol. The number of para-hydroxylation sites is 1. The van der Waals surface area contributed by atoms with Gasteiger partial charge in [0.15, 0.2) is 11.3 Å². The molecule has 2 aromatic rings. The lowest BCUT2D eigenvalue weighted by Gasteiger charge is -2.00. The van der Waals surface area contributed by atoms with Crippen LogP contribution in [0.1, 0.15) is 12.2 Å². The number of hydrogen-bond acceptors (Lipinski definition) is 4. The number of aliphatic carboxylic acids is 1. The van der Waals surface area contributed by atoms with E-state index in [0.717, 1.165) is 16.7 Å². The number of carbonyl (C=O) groups is 1. The van der Waals surface area contributed by atoms with Crippen molar-refractivity contribution in [2.75, 3.05) is 13.7 Å². The number of hydrogen-bond donors (Lipinski definition) is 2. The van der Waals surface area contributed by atoms with Gasteiger partial charge in [0, 0.05) is 11.9 Å². The van der Waals surface area contributed by atoms with Crippen LogP contribution in [0, 0.1) is 0 Å². The van der Waals surface area contributed by atoms with E-state index >= 15 is 0 Å². The first-order valence-electron chi connectivity index (χ1n) is 5.68. The average Bonchev–Trinajstić information content (AvgIpc) is 2.76. The molecule has 5 nitrogen and oxygen atoms in total. The molecule has 0 unspecified atom stereocenters. The number of carboxylic acids is 1. The molecular formula is C13H15NO4. The van der Waals surface area contributed by atoms with Crippen molar-refractivity contribution in [2.24, 2.45) is 0 Å². The number of fused-ring (bicyclic) bond motifs is 1. The summed E-state index contributed by atoms with van der Waals surface area (Å²) in [4.78, 5) is 10.4. The molecule has 0 aliphatic heterocycles. The lowest BCUT2D eigenvalue weighted by molar-refractivity contribution is -0.136. The molecule has 0 radical (unpaired) electrons. The maximum absolute atomic E-state index is 10.4. The first-order valence-corrected chi connectivity index (χ1v) is 5.68. The molecule has 1 aromatic carbocycles. The second-order valence-corrected chi connectivity index (χ2v) is 3.91. The molecule has 5 heteroatoms. The van der Waals surface area contributed by atoms with E-state index < -0.39 is 5.97 Å². The Morgan fingerprint density at radius 2 is 2.33 bits per heavy atom. The summed E-state index contributed by atoms with van der Waals surface area (Å²) in [5, 5.41) is 12.5. The zero-order valence-electron chi connectivity index (χ0n) is 10.1. The van der Waals surface area contributed by atoms with Crippen LogP contribution in [0.2, 0.25) is 0 Å². The van der Waals surface area contributed by atoms with E-state index in [9.17, 15) is 4.79 Å². The quantitative estimate of drug-likeness (QED) is 0.766. The Hall–Kier alpha value is -2.01. The van der Waals surface area contributed by atoms with Gasteiger partial charge in [0.2, 0.25) is 0 Å². The zero-order chi connectivity index (χ0) is 13.0. The molecule has 18 heavy (non-hydrogen) atoms. The van der Waals surface area contributed by atoms with Crippen molar-refractivity contribution >= 4 is 16.9 Å². The molecular weight excluding hydrogens is 234 g/mol. The van der Waals surface area contributed by atoms with Crippen LogP contribution in [-0.4, -0.2) is 24.7 Å². The van der Waals surface area contributed by atoms with Gasteiger partial charge in [0.1, 0.15) is 5.76 Å². The standard InChI is InChI=1S/C13H15NO4/c1-17-11-4-2-3-9-7-10(18-13(9)11)8-14-6-5-12(15)16/h2-4,7,14H,5-6,8H2,1H3,(H,15,16). The molecule has 0 atom stereocenters. The van der Waals surface area contributed by atoms with E-state index in [1.807, 2.05) is 24.3 Å². The van der Waals surface area contributed by atoms with Gasteiger partial charge in [0.05, 0.1) is 20.1 Å². The van der Waals surface area contributed by atoms with Crippen molar-refractivity contribution in [3.63, 3.8) is 0 Å². The highest BCUT2D eigenvalue weighted by atomic mass is 16.5. The Labute approximate surface area is 104 Å². The van der Waals surface area contributed by atoms with Crippen molar-refractivity contribution in [3.05, 3.63) is 30.0 Å². The minimum Gasteiger partial charge on any atom is -0.493 e. The second-order valence-electron chi connectivity index (χ2n) is 3.91. The van der Waals surface area contributed by atoms with Crippen molar-refractivity contribution in [1.29, 1.82) is 0 Å². The third-order valence-electron chi connectivity index (χ3n) is 2.59. The van der Waals surface area contributed by atoms with Crippen LogP contribution in [0.15, 0.2) is 28.7 Å². The number of nitrogens with one attached hydrogen (secondary N) is 1. The van der Waals surface area contributed by atoms with Crippen molar-refractivity contribution < 1.29 is 19.1 Å². The van der Waals surface area contributed by atoms with Crippen LogP contribution in [0.3, 0.4) is 0 Å². The minimum absolute atomic E-state index is 0.101. The van der Waals surface area contributed by atoms with Crippen molar-refractivity contribution in [1.82, 2.24) is 5.32 Å². The SMILES string of the molecule is COc1cccc2cc(CNCCC(=O)O)oc12. The number of furan rings is 1. The summed E-state index contributed by atoms with van der Waals surface area (Å²) >= 11 is 0. The Morgan fingerprint density at radius 1 is 1.50 bits per heavy atom. The maximum atomic E-state index is 10.4. The van der Waals surface area contributed by atoms with E-state index in [1.54, 1.807) is 7.11 Å². The number of ether oxygens (including phenoxy) is 1. The summed E-state index contributed by atoms with van der Waals surface area (Å²) < 4.78 is 10.9. The van der Waals surface area contributed by atoms with Crippen LogP contribution in [0.4, 0.5) is 0 Å². The lowest BCUT2D eigenvalue weighted by Crippen LogP contribution is -2.17. The maximum Gasteiger partial charge on any atom is 0.304 e. The van der Waals surface area contributed by atoms with Crippen LogP contribution in [-0.2, 0) is 11.3 Å². The highest BCUT2D eigenvalue weighted by molar-refractivity contribution is 5.83. The molecule has 1 aromatic heterocycles. The molecule has 0 aliphatic rings. The van der Waals surface area contributed by atoms with Crippen molar-refractivity contribution in [3.8, 4) is 5.75 Å². The van der Waals surface area contributed by atoms with Gasteiger partial charge in [-0.1, -0.05) is 12.1 Å². The Bertz CT molecular complexity index is 547. The van der Waals surface area contributed by atoms with E-state index in [4.69, 9.17) is 14.3 Å². The lowest BCUT2D eigenvalue weighted by atomic mass is 10.2. The predicted octanol–water partition coefficient (Wildman–Crippen LogP) is 2.01. The van der Waals surface area contributed by atoms with E-state index in [1.165, 1.54) is 0 Å². The van der Waals surface area contributed by atoms with Gasteiger partial charge in [-0.15, -0.1) is 0 Å². The van der Waals surface area contributed by atoms with Gasteiger partial charge < -0.3 is 19.6 Å². The summed E-state index contributed by atoms with van der Waals surface area (Å²) in [5.74, 6) is 0.651. The topological polar surface area (TPSA) is 71.7 Å². The van der Waals surface area contributed by atoms with Gasteiger partial charge in [-0.25, -0.2) is 0 Å². The molecule has 0 amide bonds. The van der Waals surface area contributed by atoms with Gasteiger partial charge in [-0.3, -0.25) is 4.79 Å². The molecule has 0 spiro atoms. The highest BCUT2D eigenvalue weighted by Crippen LogP contribution is 2.28. The molecule has 0 fully saturated rings. The fraction of sp³-hybridized carbons (Fsp3) is 0.308. The fourth-order valence-corrected chi connectivity index (χ4v) is 1.74. The Morgan fingerprint density at radius 3 is 3.06 bits per heavy atom. The monoisotopic (exact) mass is 249 g/mol. The molecule has 2 N–H and O–H groups in total. The van der Waals surface area contributed by atoms with Crippen LogP contribution in [0.25, 0.3) is 11.0 Å². The normalized spacial score (nSPS) is 10.7. The fourth-order valence-electron chi connectivity index (χ4n) is 1.74. The molecule has 96 valence electrons. The van der Waals surface area contributed by atoms with Crippen molar-refractivity contribution in [2.45, 2.75) is 13.0 Å². The largest absolute Gasteiger partial charge is 0.493 e. The first-order chi connectivity index (χ1) is 8.70. The minimum atomic E-state index is -0.811. The van der Waals surface area contributed by atoms with E-state index in [2.05, 4.69) is 5.32 Å². The summed E-state index contributed by atoms with van der Waals surface area (Å²) in [6.45, 7) is 0.925. The summed E-state index contributed by atoms with van der Waals surface area (Å²) in [7, 11) is 1.60. The Kier molecular flexibility index (Phi) is 3.84. The number of rotatable bonds is 6. The van der Waals surface area contributed by atoms with E-state index in [-0.39, 0.29) is 6.42 Å². The number of benzene rings is 1. The summed E-state index contributed by atoms with van der Waals surface area (Å²) in [5.41, 5.74) is 0.718. The van der Waals surface area contributed by atoms with Crippen LogP contribution < -0.4 is 10.1 Å². The molecule has 0 aliphatic carbocycles. The van der Waals surface area contributed by atoms with Crippen LogP contribution in [0.5, 0.6) is 5.75 Å².